The number of hydrogen-bond donors (Lipinski definition) is 2. The fraction of sp³-hybridized carbons (Fsp3) is 0.600. The summed E-state index contributed by atoms with van der Waals surface area (Å²) in [6.45, 7) is 13.9. The van der Waals surface area contributed by atoms with Crippen molar-refractivity contribution in [1.82, 2.24) is 10.3 Å². The first-order valence-corrected chi connectivity index (χ1v) is 12.4. The SMILES string of the molecule is CCN(c1scc(C(=O)NCc2c(C)cc(C)[nH]c2=O)c1C)[C@H]1CC[C@H](C(C)C)CC1. The van der Waals surface area contributed by atoms with Crippen LogP contribution in [0.25, 0.3) is 0 Å². The summed E-state index contributed by atoms with van der Waals surface area (Å²) in [7, 11) is 0. The predicted molar refractivity (Wildman–Crippen MR) is 130 cm³/mol. The van der Waals surface area contributed by atoms with Crippen LogP contribution in [0.4, 0.5) is 5.00 Å². The number of anilines is 1. The Kier molecular flexibility index (Phi) is 7.63. The summed E-state index contributed by atoms with van der Waals surface area (Å²) in [6, 6.07) is 2.49. The smallest absolute Gasteiger partial charge is 0.253 e. The van der Waals surface area contributed by atoms with Crippen LogP contribution in [0.5, 0.6) is 0 Å². The number of aryl methyl sites for hydroxylation is 2. The van der Waals surface area contributed by atoms with E-state index in [1.807, 2.05) is 32.2 Å². The normalized spacial score (nSPS) is 18.9. The Morgan fingerprint density at radius 3 is 2.48 bits per heavy atom. The molecule has 6 heteroatoms. The lowest BCUT2D eigenvalue weighted by Gasteiger charge is -2.38. The monoisotopic (exact) mass is 443 g/mol. The second-order valence-electron chi connectivity index (χ2n) is 9.30. The lowest BCUT2D eigenvalue weighted by molar-refractivity contribution is 0.0950. The number of thiophene rings is 1. The topological polar surface area (TPSA) is 65.2 Å². The van der Waals surface area contributed by atoms with Gasteiger partial charge in [-0.05, 0) is 82.4 Å². The Morgan fingerprint density at radius 1 is 1.23 bits per heavy atom. The number of hydrogen-bond acceptors (Lipinski definition) is 4. The van der Waals surface area contributed by atoms with Crippen molar-refractivity contribution in [3.05, 3.63) is 49.7 Å². The van der Waals surface area contributed by atoms with Crippen molar-refractivity contribution in [2.75, 3.05) is 11.4 Å². The van der Waals surface area contributed by atoms with Gasteiger partial charge in [0.25, 0.3) is 11.5 Å². The molecule has 0 saturated heterocycles. The van der Waals surface area contributed by atoms with E-state index in [1.165, 1.54) is 30.7 Å². The zero-order chi connectivity index (χ0) is 22.7. The van der Waals surface area contributed by atoms with E-state index in [1.54, 1.807) is 11.3 Å². The van der Waals surface area contributed by atoms with Gasteiger partial charge >= 0.3 is 0 Å². The molecule has 1 aliphatic carbocycles. The number of nitrogens with zero attached hydrogens (tertiary/aromatic N) is 1. The molecule has 170 valence electrons. The maximum absolute atomic E-state index is 12.9. The molecule has 0 spiro atoms. The fourth-order valence-electron chi connectivity index (χ4n) is 4.93. The number of aromatic amines is 1. The van der Waals surface area contributed by atoms with Gasteiger partial charge in [0.1, 0.15) is 0 Å². The molecule has 1 fully saturated rings. The van der Waals surface area contributed by atoms with Gasteiger partial charge in [0.2, 0.25) is 0 Å². The van der Waals surface area contributed by atoms with E-state index in [-0.39, 0.29) is 18.0 Å². The molecule has 3 rings (SSSR count). The summed E-state index contributed by atoms with van der Waals surface area (Å²) in [5.41, 5.74) is 3.98. The molecule has 2 aromatic heterocycles. The minimum atomic E-state index is -0.130. The molecular formula is C25H37N3O2S. The largest absolute Gasteiger partial charge is 0.361 e. The van der Waals surface area contributed by atoms with Gasteiger partial charge < -0.3 is 15.2 Å². The van der Waals surface area contributed by atoms with Crippen LogP contribution in [0, 0.1) is 32.6 Å². The van der Waals surface area contributed by atoms with E-state index >= 15 is 0 Å². The molecule has 1 aliphatic rings. The number of pyridine rings is 1. The number of carbonyl (C=O) groups is 1. The van der Waals surface area contributed by atoms with Gasteiger partial charge in [-0.1, -0.05) is 13.8 Å². The van der Waals surface area contributed by atoms with E-state index in [9.17, 15) is 9.59 Å². The predicted octanol–water partition coefficient (Wildman–Crippen LogP) is 5.33. The molecule has 2 N–H and O–H groups in total. The summed E-state index contributed by atoms with van der Waals surface area (Å²) < 4.78 is 0. The highest BCUT2D eigenvalue weighted by Crippen LogP contribution is 2.38. The number of nitrogens with one attached hydrogen (secondary N) is 2. The van der Waals surface area contributed by atoms with E-state index < -0.39 is 0 Å². The molecule has 0 atom stereocenters. The molecule has 1 amide bonds. The maximum Gasteiger partial charge on any atom is 0.253 e. The lowest BCUT2D eigenvalue weighted by atomic mass is 9.79. The van der Waals surface area contributed by atoms with Crippen LogP contribution < -0.4 is 15.8 Å². The maximum atomic E-state index is 12.9. The summed E-state index contributed by atoms with van der Waals surface area (Å²) in [4.78, 5) is 30.5. The van der Waals surface area contributed by atoms with E-state index in [0.717, 1.165) is 40.8 Å². The molecule has 31 heavy (non-hydrogen) atoms. The Hall–Kier alpha value is -2.08. The lowest BCUT2D eigenvalue weighted by Crippen LogP contribution is -2.38. The number of H-pyrrole nitrogens is 1. The zero-order valence-electron chi connectivity index (χ0n) is 19.8. The van der Waals surface area contributed by atoms with Crippen molar-refractivity contribution >= 4 is 22.2 Å². The molecule has 0 bridgehead atoms. The summed E-state index contributed by atoms with van der Waals surface area (Å²) in [5.74, 6) is 1.49. The third kappa shape index (κ3) is 5.22. The number of carbonyl (C=O) groups excluding carboxylic acids is 1. The minimum Gasteiger partial charge on any atom is -0.361 e. The van der Waals surface area contributed by atoms with Crippen molar-refractivity contribution in [1.29, 1.82) is 0 Å². The van der Waals surface area contributed by atoms with Gasteiger partial charge in [0, 0.05) is 35.8 Å². The molecule has 2 heterocycles. The van der Waals surface area contributed by atoms with Crippen molar-refractivity contribution in [2.24, 2.45) is 11.8 Å². The third-order valence-electron chi connectivity index (χ3n) is 6.90. The van der Waals surface area contributed by atoms with Gasteiger partial charge in [0.15, 0.2) is 0 Å². The quantitative estimate of drug-likeness (QED) is 0.608. The number of amides is 1. The molecule has 0 radical (unpaired) electrons. The van der Waals surface area contributed by atoms with Crippen LogP contribution in [0.2, 0.25) is 0 Å². The molecule has 0 aromatic carbocycles. The Bertz CT molecular complexity index is 968. The summed E-state index contributed by atoms with van der Waals surface area (Å²) in [6.07, 6.45) is 5.04. The molecule has 0 unspecified atom stereocenters. The molecular weight excluding hydrogens is 406 g/mol. The van der Waals surface area contributed by atoms with E-state index in [2.05, 4.69) is 36.0 Å². The van der Waals surface area contributed by atoms with Gasteiger partial charge in [0.05, 0.1) is 10.6 Å². The summed E-state index contributed by atoms with van der Waals surface area (Å²) in [5, 5.41) is 6.13. The number of aromatic nitrogens is 1. The Morgan fingerprint density at radius 2 is 1.90 bits per heavy atom. The van der Waals surface area contributed by atoms with Crippen molar-refractivity contribution < 1.29 is 4.79 Å². The Labute approximate surface area is 190 Å². The first kappa shape index (κ1) is 23.6. The van der Waals surface area contributed by atoms with E-state index in [4.69, 9.17) is 0 Å². The second kappa shape index (κ2) is 10.0. The summed E-state index contributed by atoms with van der Waals surface area (Å²) >= 11 is 1.67. The van der Waals surface area contributed by atoms with Crippen molar-refractivity contribution in [2.45, 2.75) is 79.8 Å². The average molecular weight is 444 g/mol. The van der Waals surface area contributed by atoms with Crippen LogP contribution in [0.3, 0.4) is 0 Å². The highest BCUT2D eigenvalue weighted by Gasteiger charge is 2.29. The van der Waals surface area contributed by atoms with Gasteiger partial charge in [-0.25, -0.2) is 0 Å². The third-order valence-corrected chi connectivity index (χ3v) is 8.02. The van der Waals surface area contributed by atoms with Crippen LogP contribution in [0.15, 0.2) is 16.2 Å². The van der Waals surface area contributed by atoms with Crippen LogP contribution in [0.1, 0.15) is 79.2 Å². The molecule has 5 nitrogen and oxygen atoms in total. The van der Waals surface area contributed by atoms with Gasteiger partial charge in [-0.15, -0.1) is 11.3 Å². The molecule has 0 aliphatic heterocycles. The van der Waals surface area contributed by atoms with Crippen LogP contribution in [-0.2, 0) is 6.54 Å². The fourth-order valence-corrected chi connectivity index (χ4v) is 6.14. The highest BCUT2D eigenvalue weighted by molar-refractivity contribution is 7.14. The van der Waals surface area contributed by atoms with Crippen LogP contribution >= 0.6 is 11.3 Å². The van der Waals surface area contributed by atoms with Crippen molar-refractivity contribution in [3.63, 3.8) is 0 Å². The Balaban J connectivity index is 1.70. The first-order chi connectivity index (χ1) is 14.7. The molecule has 1 saturated carbocycles. The molecule has 2 aromatic rings. The highest BCUT2D eigenvalue weighted by atomic mass is 32.1. The second-order valence-corrected chi connectivity index (χ2v) is 10.2. The standard InChI is InChI=1S/C25H37N3O2S/c1-7-28(20-10-8-19(9-11-20)15(2)3)25-18(6)22(14-31-25)23(29)26-13-21-16(4)12-17(5)27-24(21)30/h12,14-15,19-20H,7-11,13H2,1-6H3,(H,26,29)(H,27,30)/t19-,20-. The van der Waals surface area contributed by atoms with E-state index in [0.29, 0.717) is 11.6 Å². The van der Waals surface area contributed by atoms with Gasteiger partial charge in [-0.2, -0.15) is 0 Å². The zero-order valence-corrected chi connectivity index (χ0v) is 20.6. The van der Waals surface area contributed by atoms with Gasteiger partial charge in [-0.3, -0.25) is 9.59 Å². The number of rotatable bonds is 7. The van der Waals surface area contributed by atoms with Crippen molar-refractivity contribution in [3.8, 4) is 0 Å². The van der Waals surface area contributed by atoms with Crippen LogP contribution in [-0.4, -0.2) is 23.5 Å². The average Bonchev–Trinajstić information content (AvgIpc) is 3.09. The first-order valence-electron chi connectivity index (χ1n) is 11.5. The minimum absolute atomic E-state index is 0.112.